The van der Waals surface area contributed by atoms with Gasteiger partial charge in [-0.05, 0) is 15.5 Å². The van der Waals surface area contributed by atoms with Gasteiger partial charge in [-0.15, -0.1) is 0 Å². The maximum atomic E-state index is 12.4. The molecule has 1 nitrogen and oxygen atoms in total. The molecule has 0 aliphatic rings. The molecule has 3 heteroatoms. The summed E-state index contributed by atoms with van der Waals surface area (Å²) < 4.78 is 12.4. The molecule has 0 aliphatic carbocycles. The van der Waals surface area contributed by atoms with Crippen molar-refractivity contribution in [3.8, 4) is 0 Å². The quantitative estimate of drug-likeness (QED) is 0.703. The van der Waals surface area contributed by atoms with E-state index in [9.17, 15) is 4.57 Å². The molecule has 13 heavy (non-hydrogen) atoms. The van der Waals surface area contributed by atoms with Crippen LogP contribution in [0.3, 0.4) is 0 Å². The van der Waals surface area contributed by atoms with E-state index in [4.69, 9.17) is 0 Å². The van der Waals surface area contributed by atoms with E-state index in [2.05, 4.69) is 15.5 Å². The van der Waals surface area contributed by atoms with Gasteiger partial charge in [-0.2, -0.15) is 0 Å². The maximum absolute atomic E-state index is 12.4. The Kier molecular flexibility index (Phi) is 3.04. The Balaban J connectivity index is 3.17. The van der Waals surface area contributed by atoms with E-state index in [1.807, 2.05) is 51.1 Å². The molecule has 1 atom stereocenters. The molecule has 0 spiro atoms. The largest absolute Gasteiger partial charge is 0.306 e. The predicted octanol–water partition coefficient (Wildman–Crippen LogP) is 3.78. The lowest BCUT2D eigenvalue weighted by atomic mass is 10.3. The third-order valence-electron chi connectivity index (χ3n) is 1.95. The molecule has 0 saturated heterocycles. The van der Waals surface area contributed by atoms with Crippen LogP contribution in [0, 0.1) is 0 Å². The van der Waals surface area contributed by atoms with Gasteiger partial charge < -0.3 is 4.57 Å². The molecule has 0 radical (unpaired) electrons. The number of hydrogen-bond donors (Lipinski definition) is 0. The van der Waals surface area contributed by atoms with Crippen LogP contribution in [0.5, 0.6) is 0 Å². The second-order valence-electron chi connectivity index (χ2n) is 4.04. The molecular weight excluding hydrogens is 247 g/mol. The number of halogens is 1. The molecule has 0 N–H and O–H groups in total. The Morgan fingerprint density at radius 1 is 1.15 bits per heavy atom. The highest BCUT2D eigenvalue weighted by atomic mass is 79.9. The Morgan fingerprint density at radius 2 is 1.62 bits per heavy atom. The second kappa shape index (κ2) is 3.59. The summed E-state index contributed by atoms with van der Waals surface area (Å²) in [5.41, 5.74) is 0. The first-order valence-electron chi connectivity index (χ1n) is 4.21. The van der Waals surface area contributed by atoms with Gasteiger partial charge in [0.2, 0.25) is 0 Å². The standard InChI is InChI=1S/C10H14BrOP/c1-10(2,3)13(11,12)9-7-5-4-6-8-9/h4-8H,1-3H3/t13-/m1/s1. The fourth-order valence-corrected chi connectivity index (χ4v) is 3.05. The van der Waals surface area contributed by atoms with Crippen LogP contribution in [0.25, 0.3) is 0 Å². The van der Waals surface area contributed by atoms with Gasteiger partial charge in [-0.1, -0.05) is 51.1 Å². The Hall–Kier alpha value is -0.0700. The van der Waals surface area contributed by atoms with Crippen molar-refractivity contribution in [3.05, 3.63) is 30.3 Å². The van der Waals surface area contributed by atoms with Gasteiger partial charge in [0, 0.05) is 10.5 Å². The van der Waals surface area contributed by atoms with Crippen molar-refractivity contribution in [2.24, 2.45) is 0 Å². The first-order chi connectivity index (χ1) is 5.86. The van der Waals surface area contributed by atoms with Crippen molar-refractivity contribution in [1.29, 1.82) is 0 Å². The van der Waals surface area contributed by atoms with Crippen LogP contribution in [0.15, 0.2) is 30.3 Å². The van der Waals surface area contributed by atoms with E-state index < -0.39 is 5.84 Å². The predicted molar refractivity (Wildman–Crippen MR) is 62.4 cm³/mol. The number of benzene rings is 1. The van der Waals surface area contributed by atoms with Gasteiger partial charge in [0.15, 0.2) is 5.84 Å². The van der Waals surface area contributed by atoms with E-state index >= 15 is 0 Å². The zero-order chi connectivity index (χ0) is 10.1. The number of rotatable bonds is 1. The summed E-state index contributed by atoms with van der Waals surface area (Å²) in [6, 6.07) is 9.56. The van der Waals surface area contributed by atoms with Crippen LogP contribution in [0.4, 0.5) is 0 Å². The fourth-order valence-electron chi connectivity index (χ4n) is 1.01. The highest BCUT2D eigenvalue weighted by Crippen LogP contribution is 2.63. The fraction of sp³-hybridized carbons (Fsp3) is 0.400. The Labute approximate surface area is 87.7 Å². The summed E-state index contributed by atoms with van der Waals surface area (Å²) in [5.74, 6) is -2.42. The molecular formula is C10H14BrOP. The molecule has 1 aromatic rings. The SMILES string of the molecule is CC(C)(C)[P@@](=O)(Br)c1ccccc1. The number of hydrogen-bond acceptors (Lipinski definition) is 1. The zero-order valence-corrected chi connectivity index (χ0v) is 10.6. The maximum Gasteiger partial charge on any atom is 0.180 e. The molecule has 0 amide bonds. The average Bonchev–Trinajstić information content (AvgIpc) is 2.04. The van der Waals surface area contributed by atoms with E-state index in [0.29, 0.717) is 0 Å². The van der Waals surface area contributed by atoms with Crippen LogP contribution in [0.1, 0.15) is 20.8 Å². The van der Waals surface area contributed by atoms with Crippen LogP contribution in [-0.2, 0) is 4.57 Å². The van der Waals surface area contributed by atoms with Crippen LogP contribution < -0.4 is 5.30 Å². The monoisotopic (exact) mass is 260 g/mol. The van der Waals surface area contributed by atoms with Gasteiger partial charge in [0.05, 0.1) is 0 Å². The van der Waals surface area contributed by atoms with Crippen LogP contribution >= 0.6 is 21.3 Å². The summed E-state index contributed by atoms with van der Waals surface area (Å²) in [6.45, 7) is 5.95. The molecule has 0 unspecified atom stereocenters. The van der Waals surface area contributed by atoms with Gasteiger partial charge in [0.1, 0.15) is 0 Å². The van der Waals surface area contributed by atoms with Gasteiger partial charge in [-0.3, -0.25) is 0 Å². The Bertz CT molecular complexity index is 327. The highest BCUT2D eigenvalue weighted by molar-refractivity contribution is 9.41. The molecule has 1 aromatic carbocycles. The smallest absolute Gasteiger partial charge is 0.180 e. The first kappa shape index (κ1) is 11.0. The summed E-state index contributed by atoms with van der Waals surface area (Å²) in [5, 5.41) is 0.663. The summed E-state index contributed by atoms with van der Waals surface area (Å²) in [4.78, 5) is 0. The third-order valence-corrected chi connectivity index (χ3v) is 9.06. The molecule has 0 aromatic heterocycles. The minimum Gasteiger partial charge on any atom is -0.306 e. The molecule has 0 heterocycles. The molecule has 0 fully saturated rings. The van der Waals surface area contributed by atoms with Gasteiger partial charge >= 0.3 is 0 Å². The molecule has 72 valence electrons. The van der Waals surface area contributed by atoms with E-state index in [1.54, 1.807) is 0 Å². The van der Waals surface area contributed by atoms with E-state index in [-0.39, 0.29) is 5.16 Å². The average molecular weight is 261 g/mol. The highest BCUT2D eigenvalue weighted by Gasteiger charge is 2.35. The van der Waals surface area contributed by atoms with Crippen LogP contribution in [0.2, 0.25) is 0 Å². The van der Waals surface area contributed by atoms with Gasteiger partial charge in [-0.25, -0.2) is 0 Å². The summed E-state index contributed by atoms with van der Waals surface area (Å²) >= 11 is 3.37. The lowest BCUT2D eigenvalue weighted by Gasteiger charge is -2.26. The van der Waals surface area contributed by atoms with Gasteiger partial charge in [0.25, 0.3) is 0 Å². The molecule has 0 bridgehead atoms. The zero-order valence-electron chi connectivity index (χ0n) is 8.12. The van der Waals surface area contributed by atoms with Crippen molar-refractivity contribution >= 4 is 26.6 Å². The molecule has 0 aliphatic heterocycles. The van der Waals surface area contributed by atoms with E-state index in [1.165, 1.54) is 0 Å². The van der Waals surface area contributed by atoms with E-state index in [0.717, 1.165) is 5.30 Å². The lowest BCUT2D eigenvalue weighted by Crippen LogP contribution is -2.19. The van der Waals surface area contributed by atoms with Crippen molar-refractivity contribution in [3.63, 3.8) is 0 Å². The molecule has 1 rings (SSSR count). The van der Waals surface area contributed by atoms with Crippen molar-refractivity contribution in [1.82, 2.24) is 0 Å². The molecule has 0 saturated carbocycles. The lowest BCUT2D eigenvalue weighted by molar-refractivity contribution is 0.569. The summed E-state index contributed by atoms with van der Waals surface area (Å²) in [6.07, 6.45) is 0. The Morgan fingerprint density at radius 3 is 2.00 bits per heavy atom. The normalized spacial score (nSPS) is 16.6. The van der Waals surface area contributed by atoms with Crippen molar-refractivity contribution in [2.75, 3.05) is 0 Å². The summed E-state index contributed by atoms with van der Waals surface area (Å²) in [7, 11) is 0. The topological polar surface area (TPSA) is 17.1 Å². The van der Waals surface area contributed by atoms with Crippen molar-refractivity contribution < 1.29 is 4.57 Å². The second-order valence-corrected chi connectivity index (χ2v) is 9.96. The minimum absolute atomic E-state index is 0.228. The van der Waals surface area contributed by atoms with Crippen molar-refractivity contribution in [2.45, 2.75) is 25.9 Å². The minimum atomic E-state index is -2.42. The third kappa shape index (κ3) is 2.24. The first-order valence-corrected chi connectivity index (χ1v) is 7.93. The van der Waals surface area contributed by atoms with Crippen LogP contribution in [-0.4, -0.2) is 5.16 Å².